The third kappa shape index (κ3) is 3.20. The molecule has 5 nitrogen and oxygen atoms in total. The highest BCUT2D eigenvalue weighted by Gasteiger charge is 2.15. The smallest absolute Gasteiger partial charge is 0.162 e. The van der Waals surface area contributed by atoms with E-state index in [1.807, 2.05) is 13.8 Å². The number of aliphatic hydroxyl groups excluding tert-OH is 1. The van der Waals surface area contributed by atoms with E-state index in [9.17, 15) is 5.11 Å². The predicted octanol–water partition coefficient (Wildman–Crippen LogP) is 1.71. The number of nitrogens with one attached hydrogen (secondary N) is 1. The van der Waals surface area contributed by atoms with E-state index in [1.165, 1.54) is 0 Å². The summed E-state index contributed by atoms with van der Waals surface area (Å²) in [6.45, 7) is 4.11. The van der Waals surface area contributed by atoms with Crippen LogP contribution in [0.2, 0.25) is 0 Å². The molecule has 18 heavy (non-hydrogen) atoms. The van der Waals surface area contributed by atoms with Gasteiger partial charge in [0.1, 0.15) is 0 Å². The molecule has 1 atom stereocenters. The Morgan fingerprint density at radius 1 is 1.22 bits per heavy atom. The van der Waals surface area contributed by atoms with E-state index in [2.05, 4.69) is 5.32 Å². The van der Waals surface area contributed by atoms with Crippen LogP contribution in [0.3, 0.4) is 0 Å². The average molecular weight is 254 g/mol. The number of hydrogen-bond donors (Lipinski definition) is 3. The van der Waals surface area contributed by atoms with Gasteiger partial charge in [0.2, 0.25) is 0 Å². The van der Waals surface area contributed by atoms with Crippen LogP contribution in [0, 0.1) is 5.92 Å². The first-order valence-electron chi connectivity index (χ1n) is 5.92. The van der Waals surface area contributed by atoms with Gasteiger partial charge in [-0.1, -0.05) is 13.8 Å². The van der Waals surface area contributed by atoms with E-state index in [0.717, 1.165) is 5.69 Å². The monoisotopic (exact) mass is 254 g/mol. The van der Waals surface area contributed by atoms with Crippen molar-refractivity contribution >= 4 is 11.4 Å². The van der Waals surface area contributed by atoms with Crippen LogP contribution in [-0.4, -0.2) is 32.0 Å². The van der Waals surface area contributed by atoms with Gasteiger partial charge in [-0.3, -0.25) is 0 Å². The van der Waals surface area contributed by atoms with Crippen molar-refractivity contribution in [1.29, 1.82) is 0 Å². The van der Waals surface area contributed by atoms with Gasteiger partial charge in [-0.25, -0.2) is 0 Å². The van der Waals surface area contributed by atoms with Gasteiger partial charge in [0.05, 0.1) is 38.2 Å². The quantitative estimate of drug-likeness (QED) is 0.674. The molecule has 1 aromatic rings. The molecule has 0 radical (unpaired) electrons. The molecular formula is C13H22N2O3. The summed E-state index contributed by atoms with van der Waals surface area (Å²) in [5, 5.41) is 12.5. The van der Waals surface area contributed by atoms with Gasteiger partial charge in [-0.05, 0) is 5.92 Å². The molecule has 0 heterocycles. The zero-order valence-electron chi connectivity index (χ0n) is 11.4. The zero-order chi connectivity index (χ0) is 13.7. The molecular weight excluding hydrogens is 232 g/mol. The molecule has 1 unspecified atom stereocenters. The first-order valence-corrected chi connectivity index (χ1v) is 5.92. The minimum absolute atomic E-state index is 0.0471. The van der Waals surface area contributed by atoms with Gasteiger partial charge < -0.3 is 25.6 Å². The molecule has 4 N–H and O–H groups in total. The Balaban J connectivity index is 3.02. The highest BCUT2D eigenvalue weighted by atomic mass is 16.5. The lowest BCUT2D eigenvalue weighted by atomic mass is 10.0. The maximum absolute atomic E-state index is 9.32. The number of methoxy groups -OCH3 is 2. The molecule has 0 aromatic heterocycles. The Hall–Kier alpha value is -1.62. The fourth-order valence-electron chi connectivity index (χ4n) is 1.64. The molecule has 0 saturated heterocycles. The van der Waals surface area contributed by atoms with Crippen LogP contribution in [0.5, 0.6) is 11.5 Å². The van der Waals surface area contributed by atoms with E-state index in [1.54, 1.807) is 26.4 Å². The summed E-state index contributed by atoms with van der Waals surface area (Å²) in [5.74, 6) is 1.49. The largest absolute Gasteiger partial charge is 0.493 e. The lowest BCUT2D eigenvalue weighted by Gasteiger charge is -2.23. The second-order valence-electron chi connectivity index (χ2n) is 4.47. The number of ether oxygens (including phenoxy) is 2. The van der Waals surface area contributed by atoms with Crippen LogP contribution >= 0.6 is 0 Å². The highest BCUT2D eigenvalue weighted by Crippen LogP contribution is 2.35. The molecule has 5 heteroatoms. The topological polar surface area (TPSA) is 76.7 Å². The Morgan fingerprint density at radius 3 is 2.22 bits per heavy atom. The van der Waals surface area contributed by atoms with Crippen molar-refractivity contribution in [1.82, 2.24) is 0 Å². The van der Waals surface area contributed by atoms with Crippen molar-refractivity contribution in [3.05, 3.63) is 12.1 Å². The Kier molecular flexibility index (Phi) is 5.09. The highest BCUT2D eigenvalue weighted by molar-refractivity contribution is 5.72. The standard InChI is InChI=1S/C13H22N2O3/c1-8(2)11(7-16)15-10-6-13(18-4)12(17-3)5-9(10)14/h5-6,8,11,15-16H,7,14H2,1-4H3. The van der Waals surface area contributed by atoms with Crippen molar-refractivity contribution in [2.75, 3.05) is 31.9 Å². The lowest BCUT2D eigenvalue weighted by Crippen LogP contribution is -2.29. The lowest BCUT2D eigenvalue weighted by molar-refractivity contribution is 0.249. The molecule has 0 aliphatic rings. The number of anilines is 2. The Morgan fingerprint density at radius 2 is 1.78 bits per heavy atom. The van der Waals surface area contributed by atoms with Gasteiger partial charge in [0.25, 0.3) is 0 Å². The minimum Gasteiger partial charge on any atom is -0.493 e. The molecule has 0 saturated carbocycles. The Labute approximate surface area is 108 Å². The second-order valence-corrected chi connectivity index (χ2v) is 4.47. The van der Waals surface area contributed by atoms with Gasteiger partial charge in [0, 0.05) is 12.1 Å². The van der Waals surface area contributed by atoms with Crippen LogP contribution < -0.4 is 20.5 Å². The first-order chi connectivity index (χ1) is 8.53. The van der Waals surface area contributed by atoms with Gasteiger partial charge >= 0.3 is 0 Å². The summed E-state index contributed by atoms with van der Waals surface area (Å²) in [6, 6.07) is 3.43. The van der Waals surface area contributed by atoms with E-state index >= 15 is 0 Å². The Bertz CT molecular complexity index is 394. The summed E-state index contributed by atoms with van der Waals surface area (Å²) in [5.41, 5.74) is 7.24. The summed E-state index contributed by atoms with van der Waals surface area (Å²) in [7, 11) is 3.14. The van der Waals surface area contributed by atoms with Crippen molar-refractivity contribution < 1.29 is 14.6 Å². The number of nitrogens with two attached hydrogens (primary N) is 1. The molecule has 0 spiro atoms. The third-order valence-corrected chi connectivity index (χ3v) is 2.90. The van der Waals surface area contributed by atoms with Crippen LogP contribution in [0.4, 0.5) is 11.4 Å². The van der Waals surface area contributed by atoms with Crippen molar-refractivity contribution in [2.24, 2.45) is 5.92 Å². The number of nitrogen functional groups attached to an aromatic ring is 1. The second kappa shape index (κ2) is 6.35. The van der Waals surface area contributed by atoms with Crippen LogP contribution in [0.25, 0.3) is 0 Å². The molecule has 0 bridgehead atoms. The van der Waals surface area contributed by atoms with Gasteiger partial charge in [-0.2, -0.15) is 0 Å². The number of aliphatic hydroxyl groups is 1. The summed E-state index contributed by atoms with van der Waals surface area (Å²) >= 11 is 0. The summed E-state index contributed by atoms with van der Waals surface area (Å²) in [4.78, 5) is 0. The van der Waals surface area contributed by atoms with E-state index in [4.69, 9.17) is 15.2 Å². The number of hydrogen-bond acceptors (Lipinski definition) is 5. The zero-order valence-corrected chi connectivity index (χ0v) is 11.4. The molecule has 0 aliphatic heterocycles. The fourth-order valence-corrected chi connectivity index (χ4v) is 1.64. The molecule has 0 amide bonds. The molecule has 1 aromatic carbocycles. The summed E-state index contributed by atoms with van der Waals surface area (Å²) < 4.78 is 10.4. The van der Waals surface area contributed by atoms with Crippen molar-refractivity contribution in [3.8, 4) is 11.5 Å². The fraction of sp³-hybridized carbons (Fsp3) is 0.538. The van der Waals surface area contributed by atoms with Gasteiger partial charge in [0.15, 0.2) is 11.5 Å². The van der Waals surface area contributed by atoms with Crippen LogP contribution in [0.15, 0.2) is 12.1 Å². The van der Waals surface area contributed by atoms with Crippen LogP contribution in [0.1, 0.15) is 13.8 Å². The molecule has 0 aliphatic carbocycles. The number of rotatable bonds is 6. The van der Waals surface area contributed by atoms with Crippen LogP contribution in [-0.2, 0) is 0 Å². The van der Waals surface area contributed by atoms with Crippen molar-refractivity contribution in [3.63, 3.8) is 0 Å². The van der Waals surface area contributed by atoms with E-state index in [-0.39, 0.29) is 12.6 Å². The summed E-state index contributed by atoms with van der Waals surface area (Å²) in [6.07, 6.45) is 0. The molecule has 0 fully saturated rings. The SMILES string of the molecule is COc1cc(N)c(NC(CO)C(C)C)cc1OC. The van der Waals surface area contributed by atoms with E-state index in [0.29, 0.717) is 23.1 Å². The normalized spacial score (nSPS) is 12.3. The van der Waals surface area contributed by atoms with E-state index < -0.39 is 0 Å². The maximum atomic E-state index is 9.32. The average Bonchev–Trinajstić information content (AvgIpc) is 2.36. The molecule has 102 valence electrons. The molecule has 1 rings (SSSR count). The third-order valence-electron chi connectivity index (χ3n) is 2.90. The number of benzene rings is 1. The minimum atomic E-state index is -0.0506. The predicted molar refractivity (Wildman–Crippen MR) is 73.3 cm³/mol. The first kappa shape index (κ1) is 14.4. The maximum Gasteiger partial charge on any atom is 0.162 e. The van der Waals surface area contributed by atoms with Gasteiger partial charge in [-0.15, -0.1) is 0 Å². The van der Waals surface area contributed by atoms with Crippen molar-refractivity contribution in [2.45, 2.75) is 19.9 Å².